The van der Waals surface area contributed by atoms with Gasteiger partial charge in [-0.25, -0.2) is 13.2 Å². The van der Waals surface area contributed by atoms with E-state index >= 15 is 0 Å². The van der Waals surface area contributed by atoms with E-state index in [1.165, 1.54) is 0 Å². The maximum atomic E-state index is 13.9. The van der Waals surface area contributed by atoms with Gasteiger partial charge in [0.2, 0.25) is 0 Å². The fourth-order valence-corrected chi connectivity index (χ4v) is 2.15. The molecule has 0 atom stereocenters. The number of hydrogen-bond donors (Lipinski definition) is 2. The van der Waals surface area contributed by atoms with Gasteiger partial charge in [-0.1, -0.05) is 12.1 Å². The van der Waals surface area contributed by atoms with E-state index in [1.807, 2.05) is 0 Å². The smallest absolute Gasteiger partial charge is 0.423 e. The Morgan fingerprint density at radius 3 is 2.35 bits per heavy atom. The van der Waals surface area contributed by atoms with E-state index in [0.717, 1.165) is 18.2 Å². The molecule has 2 rings (SSSR count). The highest BCUT2D eigenvalue weighted by atomic mass is 19.3. The van der Waals surface area contributed by atoms with E-state index in [-0.39, 0.29) is 18.8 Å². The number of alkyl halides is 2. The van der Waals surface area contributed by atoms with E-state index in [2.05, 4.69) is 0 Å². The van der Waals surface area contributed by atoms with E-state index in [9.17, 15) is 13.2 Å². The van der Waals surface area contributed by atoms with Crippen LogP contribution in [-0.4, -0.2) is 36.3 Å². The van der Waals surface area contributed by atoms with Crippen LogP contribution >= 0.6 is 0 Å². The van der Waals surface area contributed by atoms with Crippen LogP contribution in [0, 0.1) is 5.82 Å². The molecule has 1 aromatic rings. The zero-order valence-electron chi connectivity index (χ0n) is 10.8. The Bertz CT molecular complexity index is 484. The van der Waals surface area contributed by atoms with Crippen molar-refractivity contribution in [3.8, 4) is 0 Å². The van der Waals surface area contributed by atoms with Crippen molar-refractivity contribution >= 4 is 12.6 Å². The van der Waals surface area contributed by atoms with Gasteiger partial charge in [0.15, 0.2) is 0 Å². The monoisotopic (exact) mass is 290 g/mol. The van der Waals surface area contributed by atoms with Crippen molar-refractivity contribution < 1.29 is 32.7 Å². The summed E-state index contributed by atoms with van der Waals surface area (Å²) in [6.07, 6.45) is 0.467. The van der Waals surface area contributed by atoms with E-state index in [0.29, 0.717) is 13.3 Å². The highest BCUT2D eigenvalue weighted by molar-refractivity contribution is 6.58. The van der Waals surface area contributed by atoms with E-state index in [1.54, 1.807) is 0 Å². The zero-order valence-corrected chi connectivity index (χ0v) is 10.8. The van der Waals surface area contributed by atoms with Crippen LogP contribution in [0.25, 0.3) is 0 Å². The Morgan fingerprint density at radius 2 is 1.85 bits per heavy atom. The first kappa shape index (κ1) is 15.3. The quantitative estimate of drug-likeness (QED) is 0.807. The minimum atomic E-state index is -3.39. The molecule has 4 nitrogen and oxygen atoms in total. The largest absolute Gasteiger partial charge is 0.491 e. The molecule has 0 aromatic heterocycles. The molecule has 0 amide bonds. The van der Waals surface area contributed by atoms with Gasteiger partial charge in [0.25, 0.3) is 5.79 Å². The molecule has 20 heavy (non-hydrogen) atoms. The highest BCUT2D eigenvalue weighted by Gasteiger charge is 2.55. The van der Waals surface area contributed by atoms with Crippen LogP contribution in [0.4, 0.5) is 13.2 Å². The van der Waals surface area contributed by atoms with Crippen LogP contribution in [-0.2, 0) is 15.3 Å². The molecule has 0 unspecified atom stereocenters. The van der Waals surface area contributed by atoms with Crippen LogP contribution in [0.1, 0.15) is 18.9 Å². The van der Waals surface area contributed by atoms with Crippen LogP contribution in [0.15, 0.2) is 18.2 Å². The first-order valence-corrected chi connectivity index (χ1v) is 6.10. The molecule has 1 aromatic carbocycles. The number of rotatable bonds is 3. The lowest BCUT2D eigenvalue weighted by molar-refractivity contribution is -0.362. The van der Waals surface area contributed by atoms with Gasteiger partial charge in [0.05, 0.1) is 13.2 Å². The summed E-state index contributed by atoms with van der Waals surface area (Å²) in [5.74, 6) is -6.64. The molecule has 1 heterocycles. The lowest BCUT2D eigenvalue weighted by Crippen LogP contribution is -2.51. The van der Waals surface area contributed by atoms with E-state index in [4.69, 9.17) is 19.5 Å². The molecule has 0 spiro atoms. The Balaban J connectivity index is 2.52. The lowest BCUT2D eigenvalue weighted by atomic mass is 9.78. The summed E-state index contributed by atoms with van der Waals surface area (Å²) in [5.41, 5.74) is -0.668. The van der Waals surface area contributed by atoms with Crippen molar-refractivity contribution in [2.24, 2.45) is 0 Å². The topological polar surface area (TPSA) is 58.9 Å². The summed E-state index contributed by atoms with van der Waals surface area (Å²) in [6, 6.07) is 2.88. The van der Waals surface area contributed by atoms with Crippen molar-refractivity contribution in [2.45, 2.75) is 25.1 Å². The van der Waals surface area contributed by atoms with Crippen molar-refractivity contribution in [3.63, 3.8) is 0 Å². The minimum absolute atomic E-state index is 0.0673. The van der Waals surface area contributed by atoms with Crippen LogP contribution in [0.5, 0.6) is 0 Å². The molecule has 2 N–H and O–H groups in total. The standard InChI is InChI=1S/C12H14BF3O4/c1-11(15,16)12(19-5-2-6-20-12)8-3-4-10(14)9(7-8)13(17)18/h3-4,7,17-18H,2,5-6H2,1H3. The number of hydrogen-bond acceptors (Lipinski definition) is 4. The van der Waals surface area contributed by atoms with Crippen LogP contribution in [0.3, 0.4) is 0 Å². The van der Waals surface area contributed by atoms with Gasteiger partial charge in [-0.05, 0) is 12.5 Å². The molecule has 0 saturated carbocycles. The van der Waals surface area contributed by atoms with E-state index < -0.39 is 30.1 Å². The third-order valence-corrected chi connectivity index (χ3v) is 3.13. The van der Waals surface area contributed by atoms with Gasteiger partial charge < -0.3 is 19.5 Å². The zero-order chi connectivity index (χ0) is 15.0. The van der Waals surface area contributed by atoms with Gasteiger partial charge >= 0.3 is 13.0 Å². The molecular formula is C12H14BF3O4. The summed E-state index contributed by atoms with van der Waals surface area (Å²) in [4.78, 5) is 0. The second kappa shape index (κ2) is 5.36. The van der Waals surface area contributed by atoms with Crippen molar-refractivity contribution in [1.82, 2.24) is 0 Å². The molecule has 110 valence electrons. The molecule has 1 saturated heterocycles. The average Bonchev–Trinajstić information content (AvgIpc) is 2.38. The molecule has 1 fully saturated rings. The number of halogens is 3. The summed E-state index contributed by atoms with van der Waals surface area (Å²) in [7, 11) is -2.11. The third kappa shape index (κ3) is 2.56. The number of ether oxygens (including phenoxy) is 2. The lowest BCUT2D eigenvalue weighted by Gasteiger charge is -2.41. The molecule has 0 bridgehead atoms. The molecular weight excluding hydrogens is 276 g/mol. The SMILES string of the molecule is CC(F)(F)C1(c2ccc(F)c(B(O)O)c2)OCCCO1. The molecule has 1 aliphatic heterocycles. The molecule has 0 radical (unpaired) electrons. The van der Waals surface area contributed by atoms with Gasteiger partial charge in [-0.3, -0.25) is 0 Å². The minimum Gasteiger partial charge on any atom is -0.423 e. The third-order valence-electron chi connectivity index (χ3n) is 3.13. The van der Waals surface area contributed by atoms with Gasteiger partial charge in [0, 0.05) is 17.9 Å². The predicted octanol–water partition coefficient (Wildman–Crippen LogP) is 0.750. The van der Waals surface area contributed by atoms with Gasteiger partial charge in [-0.15, -0.1) is 0 Å². The summed E-state index contributed by atoms with van der Waals surface area (Å²) >= 11 is 0. The van der Waals surface area contributed by atoms with Crippen molar-refractivity contribution in [1.29, 1.82) is 0 Å². The normalized spacial score (nSPS) is 18.9. The summed E-state index contributed by atoms with van der Waals surface area (Å²) in [6.45, 7) is 0.770. The van der Waals surface area contributed by atoms with Gasteiger partial charge in [-0.2, -0.15) is 0 Å². The van der Waals surface area contributed by atoms with Crippen LogP contribution < -0.4 is 5.46 Å². The predicted molar refractivity (Wildman–Crippen MR) is 65.0 cm³/mol. The van der Waals surface area contributed by atoms with Crippen LogP contribution in [0.2, 0.25) is 0 Å². The second-order valence-electron chi connectivity index (χ2n) is 4.67. The van der Waals surface area contributed by atoms with Crippen molar-refractivity contribution in [2.75, 3.05) is 13.2 Å². The maximum Gasteiger partial charge on any atom is 0.491 e. The van der Waals surface area contributed by atoms with Crippen molar-refractivity contribution in [3.05, 3.63) is 29.6 Å². The molecule has 8 heteroatoms. The number of benzene rings is 1. The van der Waals surface area contributed by atoms with Gasteiger partial charge in [0.1, 0.15) is 5.82 Å². The first-order chi connectivity index (χ1) is 9.28. The Morgan fingerprint density at radius 1 is 1.25 bits per heavy atom. The fourth-order valence-electron chi connectivity index (χ4n) is 2.15. The fraction of sp³-hybridized carbons (Fsp3) is 0.500. The highest BCUT2D eigenvalue weighted by Crippen LogP contribution is 2.43. The first-order valence-electron chi connectivity index (χ1n) is 6.10. The summed E-state index contributed by atoms with van der Waals surface area (Å²) in [5, 5.41) is 18.1. The Hall–Kier alpha value is -1.09. The average molecular weight is 290 g/mol. The Kier molecular flexibility index (Phi) is 4.10. The molecule has 0 aliphatic carbocycles. The second-order valence-corrected chi connectivity index (χ2v) is 4.67. The molecule has 1 aliphatic rings. The Labute approximate surface area is 114 Å². The maximum absolute atomic E-state index is 13.9. The summed E-state index contributed by atoms with van der Waals surface area (Å²) < 4.78 is 51.5.